The third-order valence-corrected chi connectivity index (χ3v) is 3.59. The topological polar surface area (TPSA) is 29.3 Å². The molecule has 1 atom stereocenters. The Balaban J connectivity index is 1.69. The van der Waals surface area contributed by atoms with Gasteiger partial charge in [0.15, 0.2) is 0 Å². The second kappa shape index (κ2) is 5.65. The van der Waals surface area contributed by atoms with E-state index >= 15 is 0 Å². The van der Waals surface area contributed by atoms with Gasteiger partial charge >= 0.3 is 0 Å². The molecule has 1 N–H and O–H groups in total. The summed E-state index contributed by atoms with van der Waals surface area (Å²) in [5, 5.41) is 4.24. The van der Waals surface area contributed by atoms with Gasteiger partial charge in [-0.25, -0.2) is 4.98 Å². The Hall–Kier alpha value is -1.84. The fourth-order valence-corrected chi connectivity index (χ4v) is 2.42. The number of benzene rings is 1. The first-order valence-corrected chi connectivity index (χ1v) is 7.01. The van der Waals surface area contributed by atoms with Crippen molar-refractivity contribution in [3.05, 3.63) is 71.1 Å². The fourth-order valence-electron chi connectivity index (χ4n) is 2.22. The number of halogens is 1. The quantitative estimate of drug-likeness (QED) is 0.789. The Labute approximate surface area is 123 Å². The summed E-state index contributed by atoms with van der Waals surface area (Å²) in [5.41, 5.74) is 3.19. The average molecular weight is 286 g/mol. The van der Waals surface area contributed by atoms with E-state index in [1.807, 2.05) is 53.2 Å². The van der Waals surface area contributed by atoms with Crippen molar-refractivity contribution >= 4 is 17.2 Å². The first kappa shape index (κ1) is 13.2. The minimum atomic E-state index is 0.235. The minimum Gasteiger partial charge on any atom is -0.307 e. The molecule has 2 heterocycles. The summed E-state index contributed by atoms with van der Waals surface area (Å²) in [4.78, 5) is 4.57. The molecular weight excluding hydrogens is 270 g/mol. The van der Waals surface area contributed by atoms with Crippen molar-refractivity contribution in [2.45, 2.75) is 19.5 Å². The second-order valence-corrected chi connectivity index (χ2v) is 5.29. The average Bonchev–Trinajstić information content (AvgIpc) is 2.87. The molecule has 102 valence electrons. The molecule has 0 aliphatic carbocycles. The van der Waals surface area contributed by atoms with Crippen LogP contribution < -0.4 is 5.32 Å². The summed E-state index contributed by atoms with van der Waals surface area (Å²) in [5.74, 6) is 0. The Morgan fingerprint density at radius 1 is 1.25 bits per heavy atom. The molecule has 0 spiro atoms. The molecule has 0 saturated carbocycles. The van der Waals surface area contributed by atoms with Crippen molar-refractivity contribution in [1.29, 1.82) is 0 Å². The predicted octanol–water partition coefficient (Wildman–Crippen LogP) is 3.84. The zero-order valence-corrected chi connectivity index (χ0v) is 12.0. The lowest BCUT2D eigenvalue weighted by Crippen LogP contribution is -2.18. The van der Waals surface area contributed by atoms with Crippen LogP contribution in [0.1, 0.15) is 24.2 Å². The van der Waals surface area contributed by atoms with Crippen LogP contribution in [0.15, 0.2) is 54.9 Å². The van der Waals surface area contributed by atoms with Gasteiger partial charge in [-0.2, -0.15) is 0 Å². The monoisotopic (exact) mass is 285 g/mol. The second-order valence-electron chi connectivity index (χ2n) is 4.86. The van der Waals surface area contributed by atoms with E-state index in [1.165, 1.54) is 5.56 Å². The zero-order valence-electron chi connectivity index (χ0n) is 11.3. The van der Waals surface area contributed by atoms with E-state index in [9.17, 15) is 0 Å². The van der Waals surface area contributed by atoms with E-state index in [0.717, 1.165) is 22.9 Å². The molecule has 0 bridgehead atoms. The largest absolute Gasteiger partial charge is 0.307 e. The summed E-state index contributed by atoms with van der Waals surface area (Å²) in [6.45, 7) is 2.86. The first-order valence-electron chi connectivity index (χ1n) is 6.64. The smallest absolute Gasteiger partial charge is 0.137 e. The van der Waals surface area contributed by atoms with E-state index in [0.29, 0.717) is 0 Å². The molecule has 3 nitrogen and oxygen atoms in total. The van der Waals surface area contributed by atoms with E-state index in [4.69, 9.17) is 11.6 Å². The molecule has 0 fully saturated rings. The maximum Gasteiger partial charge on any atom is 0.137 e. The molecule has 3 aromatic rings. The van der Waals surface area contributed by atoms with Crippen LogP contribution in [0.4, 0.5) is 0 Å². The number of pyridine rings is 1. The van der Waals surface area contributed by atoms with E-state index < -0.39 is 0 Å². The number of fused-ring (bicyclic) bond motifs is 1. The van der Waals surface area contributed by atoms with Crippen LogP contribution in [0.5, 0.6) is 0 Å². The Morgan fingerprint density at radius 3 is 2.95 bits per heavy atom. The highest BCUT2D eigenvalue weighted by molar-refractivity contribution is 6.30. The van der Waals surface area contributed by atoms with Crippen LogP contribution in [0.25, 0.3) is 5.65 Å². The van der Waals surface area contributed by atoms with Gasteiger partial charge in [0.2, 0.25) is 0 Å². The highest BCUT2D eigenvalue weighted by atomic mass is 35.5. The molecule has 4 heteroatoms. The maximum absolute atomic E-state index is 6.02. The van der Waals surface area contributed by atoms with Crippen LogP contribution in [0.2, 0.25) is 5.02 Å². The Morgan fingerprint density at radius 2 is 2.15 bits per heavy atom. The number of nitrogens with one attached hydrogen (secondary N) is 1. The zero-order chi connectivity index (χ0) is 13.9. The summed E-state index contributed by atoms with van der Waals surface area (Å²) in [7, 11) is 0. The van der Waals surface area contributed by atoms with Crippen molar-refractivity contribution in [3.63, 3.8) is 0 Å². The number of nitrogens with zero attached hydrogens (tertiary/aromatic N) is 2. The van der Waals surface area contributed by atoms with Crippen LogP contribution in [0.3, 0.4) is 0 Å². The van der Waals surface area contributed by atoms with E-state index in [-0.39, 0.29) is 6.04 Å². The van der Waals surface area contributed by atoms with Crippen LogP contribution in [-0.4, -0.2) is 9.38 Å². The number of aromatic nitrogens is 2. The van der Waals surface area contributed by atoms with Gasteiger partial charge in [-0.15, -0.1) is 0 Å². The molecule has 2 aromatic heterocycles. The van der Waals surface area contributed by atoms with Gasteiger partial charge in [0.25, 0.3) is 0 Å². The predicted molar refractivity (Wildman–Crippen MR) is 81.9 cm³/mol. The molecule has 0 aliphatic heterocycles. The highest BCUT2D eigenvalue weighted by Crippen LogP contribution is 2.17. The minimum absolute atomic E-state index is 0.235. The van der Waals surface area contributed by atoms with Gasteiger partial charge in [-0.05, 0) is 36.8 Å². The molecule has 1 aromatic carbocycles. The molecular formula is C16H16ClN3. The Bertz CT molecular complexity index is 687. The standard InChI is InChI=1S/C16H16ClN3/c1-12(13-5-4-6-14(17)9-13)18-10-15-11-20-8-3-2-7-16(20)19-15/h2-9,11-12,18H,10H2,1H3. The third kappa shape index (κ3) is 2.84. The molecule has 0 saturated heterocycles. The number of rotatable bonds is 4. The molecule has 3 rings (SSSR count). The number of hydrogen-bond acceptors (Lipinski definition) is 2. The summed E-state index contributed by atoms with van der Waals surface area (Å²) in [6.07, 6.45) is 4.05. The summed E-state index contributed by atoms with van der Waals surface area (Å²) >= 11 is 6.02. The fraction of sp³-hybridized carbons (Fsp3) is 0.188. The molecule has 0 aliphatic rings. The van der Waals surface area contributed by atoms with Gasteiger partial charge in [0.1, 0.15) is 5.65 Å². The Kier molecular flexibility index (Phi) is 3.72. The van der Waals surface area contributed by atoms with Gasteiger partial charge in [0.05, 0.1) is 5.69 Å². The summed E-state index contributed by atoms with van der Waals surface area (Å²) < 4.78 is 2.03. The normalized spacial score (nSPS) is 12.7. The lowest BCUT2D eigenvalue weighted by atomic mass is 10.1. The number of hydrogen-bond donors (Lipinski definition) is 1. The van der Waals surface area contributed by atoms with Gasteiger partial charge in [-0.1, -0.05) is 29.8 Å². The van der Waals surface area contributed by atoms with E-state index in [1.54, 1.807) is 0 Å². The van der Waals surface area contributed by atoms with Gasteiger partial charge < -0.3 is 9.72 Å². The van der Waals surface area contributed by atoms with Crippen molar-refractivity contribution in [2.75, 3.05) is 0 Å². The third-order valence-electron chi connectivity index (χ3n) is 3.35. The van der Waals surface area contributed by atoms with Crippen LogP contribution in [-0.2, 0) is 6.54 Å². The van der Waals surface area contributed by atoms with Crippen molar-refractivity contribution in [1.82, 2.24) is 14.7 Å². The van der Waals surface area contributed by atoms with Gasteiger partial charge in [-0.3, -0.25) is 0 Å². The molecule has 1 unspecified atom stereocenters. The first-order chi connectivity index (χ1) is 9.72. The van der Waals surface area contributed by atoms with Crippen LogP contribution in [0, 0.1) is 0 Å². The van der Waals surface area contributed by atoms with Crippen molar-refractivity contribution in [3.8, 4) is 0 Å². The molecule has 0 radical (unpaired) electrons. The van der Waals surface area contributed by atoms with Crippen molar-refractivity contribution < 1.29 is 0 Å². The van der Waals surface area contributed by atoms with Gasteiger partial charge in [0, 0.05) is 30.0 Å². The van der Waals surface area contributed by atoms with E-state index in [2.05, 4.69) is 23.3 Å². The maximum atomic E-state index is 6.02. The molecule has 20 heavy (non-hydrogen) atoms. The molecule has 0 amide bonds. The number of imidazole rings is 1. The lowest BCUT2D eigenvalue weighted by molar-refractivity contribution is 0.569. The SMILES string of the molecule is CC(NCc1cn2ccccc2n1)c1cccc(Cl)c1. The van der Waals surface area contributed by atoms with Crippen molar-refractivity contribution in [2.24, 2.45) is 0 Å². The highest BCUT2D eigenvalue weighted by Gasteiger charge is 2.07. The van der Waals surface area contributed by atoms with Crippen LogP contribution >= 0.6 is 11.6 Å². The summed E-state index contributed by atoms with van der Waals surface area (Å²) in [6, 6.07) is 14.2. The lowest BCUT2D eigenvalue weighted by Gasteiger charge is -2.13.